The Bertz CT molecular complexity index is 236. The summed E-state index contributed by atoms with van der Waals surface area (Å²) in [6.07, 6.45) is 0. The van der Waals surface area contributed by atoms with Gasteiger partial charge >= 0.3 is 0 Å². The normalized spacial score (nSPS) is 9.70. The van der Waals surface area contributed by atoms with Crippen LogP contribution in [0, 0.1) is 6.07 Å². The van der Waals surface area contributed by atoms with Gasteiger partial charge in [-0.3, -0.25) is 0 Å². The van der Waals surface area contributed by atoms with E-state index in [4.69, 9.17) is 26.9 Å². The molecule has 1 rings (SSSR count). The van der Waals surface area contributed by atoms with Crippen LogP contribution in [0.25, 0.3) is 0 Å². The number of hydrogen-bond acceptors (Lipinski definition) is 3. The van der Waals surface area contributed by atoms with Gasteiger partial charge in [-0.05, 0) is 0 Å². The standard InChI is InChI=1S/C6H4ClO3/c7-3-1-4(8)6(10)5(9)2-3/h1,8-10H. The molecule has 10 heavy (non-hydrogen) atoms. The Morgan fingerprint density at radius 3 is 2.40 bits per heavy atom. The summed E-state index contributed by atoms with van der Waals surface area (Å²) in [7, 11) is 0. The minimum Gasteiger partial charge on any atom is -0.504 e. The van der Waals surface area contributed by atoms with Crippen molar-refractivity contribution in [2.75, 3.05) is 0 Å². The van der Waals surface area contributed by atoms with E-state index >= 15 is 0 Å². The summed E-state index contributed by atoms with van der Waals surface area (Å²) in [6, 6.07) is 3.27. The van der Waals surface area contributed by atoms with Crippen molar-refractivity contribution in [2.45, 2.75) is 0 Å². The van der Waals surface area contributed by atoms with Gasteiger partial charge in [0.1, 0.15) is 0 Å². The van der Waals surface area contributed by atoms with Crippen LogP contribution in [0.1, 0.15) is 0 Å². The lowest BCUT2D eigenvalue weighted by Gasteiger charge is -1.98. The summed E-state index contributed by atoms with van der Waals surface area (Å²) < 4.78 is 0. The van der Waals surface area contributed by atoms with E-state index in [2.05, 4.69) is 6.07 Å². The molecule has 0 saturated heterocycles. The van der Waals surface area contributed by atoms with Crippen molar-refractivity contribution in [3.05, 3.63) is 17.2 Å². The average Bonchev–Trinajstić information content (AvgIpc) is 1.82. The van der Waals surface area contributed by atoms with Crippen LogP contribution >= 0.6 is 11.6 Å². The molecule has 0 saturated carbocycles. The molecule has 0 spiro atoms. The third-order valence-electron chi connectivity index (χ3n) is 0.968. The first kappa shape index (κ1) is 7.02. The first-order valence-electron chi connectivity index (χ1n) is 2.44. The maximum Gasteiger partial charge on any atom is 0.201 e. The molecule has 0 heterocycles. The Morgan fingerprint density at radius 1 is 1.30 bits per heavy atom. The van der Waals surface area contributed by atoms with E-state index in [1.807, 2.05) is 0 Å². The van der Waals surface area contributed by atoms with Crippen LogP contribution in [0.4, 0.5) is 0 Å². The molecule has 0 amide bonds. The molecule has 3 N–H and O–H groups in total. The molecule has 3 nitrogen and oxygen atoms in total. The summed E-state index contributed by atoms with van der Waals surface area (Å²) in [5.74, 6) is -1.62. The largest absolute Gasteiger partial charge is 0.504 e. The van der Waals surface area contributed by atoms with Crippen molar-refractivity contribution >= 4 is 11.6 Å². The van der Waals surface area contributed by atoms with Gasteiger partial charge in [-0.2, -0.15) is 0 Å². The molecule has 0 aliphatic heterocycles. The second kappa shape index (κ2) is 2.27. The molecule has 0 bridgehead atoms. The molecular formula is C6H4ClO3. The van der Waals surface area contributed by atoms with Gasteiger partial charge in [0.25, 0.3) is 0 Å². The first-order valence-corrected chi connectivity index (χ1v) is 2.82. The number of phenols is 3. The third kappa shape index (κ3) is 1.09. The van der Waals surface area contributed by atoms with Gasteiger partial charge in [0.15, 0.2) is 11.5 Å². The molecule has 0 aliphatic rings. The zero-order valence-electron chi connectivity index (χ0n) is 4.80. The van der Waals surface area contributed by atoms with Crippen LogP contribution in [-0.4, -0.2) is 15.3 Å². The SMILES string of the molecule is Oc1[c]c(Cl)cc(O)c1O. The monoisotopic (exact) mass is 159 g/mol. The van der Waals surface area contributed by atoms with E-state index in [0.29, 0.717) is 0 Å². The van der Waals surface area contributed by atoms with E-state index in [1.165, 1.54) is 0 Å². The average molecular weight is 160 g/mol. The van der Waals surface area contributed by atoms with Crippen LogP contribution in [0.3, 0.4) is 0 Å². The fourth-order valence-corrected chi connectivity index (χ4v) is 0.711. The van der Waals surface area contributed by atoms with Crippen LogP contribution in [0.2, 0.25) is 5.02 Å². The molecule has 0 unspecified atom stereocenters. The molecule has 1 radical (unpaired) electrons. The molecular weight excluding hydrogens is 156 g/mol. The lowest BCUT2D eigenvalue weighted by atomic mass is 10.3. The van der Waals surface area contributed by atoms with Crippen LogP contribution < -0.4 is 0 Å². The fourth-order valence-electron chi connectivity index (χ4n) is 0.518. The topological polar surface area (TPSA) is 60.7 Å². The molecule has 0 aromatic heterocycles. The molecule has 0 atom stereocenters. The number of aromatic hydroxyl groups is 3. The highest BCUT2D eigenvalue weighted by Crippen LogP contribution is 2.36. The van der Waals surface area contributed by atoms with Gasteiger partial charge in [-0.15, -0.1) is 0 Å². The van der Waals surface area contributed by atoms with Crippen LogP contribution in [-0.2, 0) is 0 Å². The van der Waals surface area contributed by atoms with Crippen molar-refractivity contribution < 1.29 is 15.3 Å². The van der Waals surface area contributed by atoms with E-state index < -0.39 is 17.2 Å². The smallest absolute Gasteiger partial charge is 0.201 e. The summed E-state index contributed by atoms with van der Waals surface area (Å²) >= 11 is 5.34. The molecule has 53 valence electrons. The summed E-state index contributed by atoms with van der Waals surface area (Å²) in [5, 5.41) is 26.3. The van der Waals surface area contributed by atoms with Gasteiger partial charge in [-0.25, -0.2) is 0 Å². The second-order valence-electron chi connectivity index (χ2n) is 1.70. The zero-order valence-corrected chi connectivity index (χ0v) is 5.55. The number of benzene rings is 1. The number of phenolic OH excluding ortho intramolecular Hbond substituents is 3. The quantitative estimate of drug-likeness (QED) is 0.500. The molecule has 4 heteroatoms. The Balaban J connectivity index is 3.31. The second-order valence-corrected chi connectivity index (χ2v) is 2.11. The minimum absolute atomic E-state index is 0.0489. The van der Waals surface area contributed by atoms with Crippen LogP contribution in [0.15, 0.2) is 6.07 Å². The minimum atomic E-state index is -0.607. The van der Waals surface area contributed by atoms with E-state index in [1.54, 1.807) is 0 Å². The van der Waals surface area contributed by atoms with Crippen molar-refractivity contribution in [1.82, 2.24) is 0 Å². The fraction of sp³-hybridized carbons (Fsp3) is 0. The first-order chi connectivity index (χ1) is 4.61. The van der Waals surface area contributed by atoms with Gasteiger partial charge in [-0.1, -0.05) is 11.6 Å². The van der Waals surface area contributed by atoms with Gasteiger partial charge in [0, 0.05) is 6.07 Å². The Hall–Kier alpha value is -1.09. The van der Waals surface area contributed by atoms with Crippen molar-refractivity contribution in [2.24, 2.45) is 0 Å². The van der Waals surface area contributed by atoms with Gasteiger partial charge in [0.05, 0.1) is 11.1 Å². The van der Waals surface area contributed by atoms with Crippen molar-refractivity contribution in [3.63, 3.8) is 0 Å². The van der Waals surface area contributed by atoms with E-state index in [0.717, 1.165) is 6.07 Å². The highest BCUT2D eigenvalue weighted by atomic mass is 35.5. The summed E-state index contributed by atoms with van der Waals surface area (Å²) in [4.78, 5) is 0. The van der Waals surface area contributed by atoms with Gasteiger partial charge in [0.2, 0.25) is 5.75 Å². The highest BCUT2D eigenvalue weighted by Gasteiger charge is 2.06. The van der Waals surface area contributed by atoms with Crippen molar-refractivity contribution in [3.8, 4) is 17.2 Å². The lowest BCUT2D eigenvalue weighted by Crippen LogP contribution is -1.71. The number of hydrogen-bond donors (Lipinski definition) is 3. The van der Waals surface area contributed by atoms with Crippen molar-refractivity contribution in [1.29, 1.82) is 0 Å². The third-order valence-corrected chi connectivity index (χ3v) is 1.17. The van der Waals surface area contributed by atoms with Crippen LogP contribution in [0.5, 0.6) is 17.2 Å². The Labute approximate surface area is 62.1 Å². The zero-order chi connectivity index (χ0) is 7.72. The lowest BCUT2D eigenvalue weighted by molar-refractivity contribution is 0.367. The van der Waals surface area contributed by atoms with E-state index in [9.17, 15) is 0 Å². The Morgan fingerprint density at radius 2 is 1.90 bits per heavy atom. The maximum absolute atomic E-state index is 8.77. The number of rotatable bonds is 0. The highest BCUT2D eigenvalue weighted by molar-refractivity contribution is 6.30. The maximum atomic E-state index is 8.77. The predicted octanol–water partition coefficient (Wildman–Crippen LogP) is 1.26. The van der Waals surface area contributed by atoms with E-state index in [-0.39, 0.29) is 5.02 Å². The summed E-state index contributed by atoms with van der Waals surface area (Å²) in [6.45, 7) is 0. The molecule has 1 aromatic rings. The Kier molecular flexibility index (Phi) is 1.59. The summed E-state index contributed by atoms with van der Waals surface area (Å²) in [5.41, 5.74) is 0. The molecule has 0 aliphatic carbocycles. The number of halogens is 1. The molecule has 1 aromatic carbocycles. The molecule has 0 fully saturated rings. The predicted molar refractivity (Wildman–Crippen MR) is 35.3 cm³/mol. The van der Waals surface area contributed by atoms with Gasteiger partial charge < -0.3 is 15.3 Å².